The van der Waals surface area contributed by atoms with Gasteiger partial charge in [0.05, 0.1) is 18.8 Å². The molecule has 3 rings (SSSR count). The number of aryl methyl sites for hydroxylation is 1. The largest absolute Gasteiger partial charge is 0.507 e. The van der Waals surface area contributed by atoms with Crippen LogP contribution in [0.2, 0.25) is 0 Å². The van der Waals surface area contributed by atoms with E-state index in [2.05, 4.69) is 0 Å². The summed E-state index contributed by atoms with van der Waals surface area (Å²) in [6.45, 7) is 7.35. The van der Waals surface area contributed by atoms with Gasteiger partial charge < -0.3 is 19.6 Å². The van der Waals surface area contributed by atoms with Gasteiger partial charge in [-0.3, -0.25) is 9.59 Å². The summed E-state index contributed by atoms with van der Waals surface area (Å²) < 4.78 is 5.29. The summed E-state index contributed by atoms with van der Waals surface area (Å²) in [6.07, 6.45) is 1.35. The summed E-state index contributed by atoms with van der Waals surface area (Å²) >= 11 is 0. The van der Waals surface area contributed by atoms with E-state index in [9.17, 15) is 14.7 Å². The van der Waals surface area contributed by atoms with Crippen LogP contribution in [0, 0.1) is 19.8 Å². The first-order chi connectivity index (χ1) is 12.0. The van der Waals surface area contributed by atoms with E-state index in [0.29, 0.717) is 57.8 Å². The van der Waals surface area contributed by atoms with E-state index in [0.717, 1.165) is 11.1 Å². The van der Waals surface area contributed by atoms with Crippen LogP contribution in [-0.4, -0.2) is 66.1 Å². The first-order valence-electron chi connectivity index (χ1n) is 8.94. The molecule has 0 saturated carbocycles. The standard InChI is InChI=1S/C19H26N2O4/c1-13-3-4-16(17(22)14(13)2)19(24)20-7-5-15(6-8-20)18(23)21-9-11-25-12-10-21/h3-4,15,22H,5-12H2,1-2H3. The van der Waals surface area contributed by atoms with E-state index in [1.54, 1.807) is 11.0 Å². The number of nitrogens with zero attached hydrogens (tertiary/aromatic N) is 2. The second-order valence-electron chi connectivity index (χ2n) is 6.91. The third kappa shape index (κ3) is 3.63. The van der Waals surface area contributed by atoms with Crippen molar-refractivity contribution in [2.75, 3.05) is 39.4 Å². The number of carbonyl (C=O) groups is 2. The molecule has 2 saturated heterocycles. The van der Waals surface area contributed by atoms with Gasteiger partial charge in [-0.2, -0.15) is 0 Å². The molecule has 6 heteroatoms. The first-order valence-corrected chi connectivity index (χ1v) is 8.94. The van der Waals surface area contributed by atoms with Gasteiger partial charge in [0.2, 0.25) is 5.91 Å². The summed E-state index contributed by atoms with van der Waals surface area (Å²) in [7, 11) is 0. The van der Waals surface area contributed by atoms with Crippen LogP contribution in [0.15, 0.2) is 12.1 Å². The molecule has 2 heterocycles. The summed E-state index contributed by atoms with van der Waals surface area (Å²) in [5, 5.41) is 10.3. The van der Waals surface area contributed by atoms with Crippen LogP contribution in [0.25, 0.3) is 0 Å². The van der Waals surface area contributed by atoms with E-state index < -0.39 is 0 Å². The number of aromatic hydroxyl groups is 1. The Morgan fingerprint density at radius 1 is 1.04 bits per heavy atom. The second-order valence-corrected chi connectivity index (χ2v) is 6.91. The van der Waals surface area contributed by atoms with E-state index in [1.165, 1.54) is 0 Å². The van der Waals surface area contributed by atoms with Crippen LogP contribution in [0.5, 0.6) is 5.75 Å². The van der Waals surface area contributed by atoms with Gasteiger partial charge in [-0.05, 0) is 43.9 Å². The molecule has 2 aliphatic rings. The Morgan fingerprint density at radius 2 is 1.68 bits per heavy atom. The minimum atomic E-state index is -0.155. The lowest BCUT2D eigenvalue weighted by molar-refractivity contribution is -0.141. The quantitative estimate of drug-likeness (QED) is 0.885. The zero-order valence-electron chi connectivity index (χ0n) is 15.0. The third-order valence-electron chi connectivity index (χ3n) is 5.39. The molecule has 136 valence electrons. The van der Waals surface area contributed by atoms with Gasteiger partial charge in [-0.25, -0.2) is 0 Å². The molecule has 6 nitrogen and oxygen atoms in total. The number of morpholine rings is 1. The number of carbonyl (C=O) groups excluding carboxylic acids is 2. The maximum absolute atomic E-state index is 12.7. The predicted molar refractivity (Wildman–Crippen MR) is 93.6 cm³/mol. The van der Waals surface area contributed by atoms with Crippen molar-refractivity contribution >= 4 is 11.8 Å². The number of phenolic OH excluding ortho intramolecular Hbond substituents is 1. The molecule has 0 aromatic heterocycles. The monoisotopic (exact) mass is 346 g/mol. The number of likely N-dealkylation sites (tertiary alicyclic amines) is 1. The van der Waals surface area contributed by atoms with Gasteiger partial charge in [0.15, 0.2) is 0 Å². The molecule has 2 amide bonds. The van der Waals surface area contributed by atoms with Gasteiger partial charge >= 0.3 is 0 Å². The number of hydrogen-bond donors (Lipinski definition) is 1. The highest BCUT2D eigenvalue weighted by Crippen LogP contribution is 2.28. The molecule has 0 bridgehead atoms. The smallest absolute Gasteiger partial charge is 0.257 e. The van der Waals surface area contributed by atoms with Crippen molar-refractivity contribution in [2.45, 2.75) is 26.7 Å². The Labute approximate surface area is 148 Å². The lowest BCUT2D eigenvalue weighted by Gasteiger charge is -2.35. The average Bonchev–Trinajstić information content (AvgIpc) is 2.66. The van der Waals surface area contributed by atoms with Crippen LogP contribution >= 0.6 is 0 Å². The lowest BCUT2D eigenvalue weighted by Crippen LogP contribution is -2.47. The molecular formula is C19H26N2O4. The molecule has 0 unspecified atom stereocenters. The number of phenols is 1. The fourth-order valence-corrected chi connectivity index (χ4v) is 3.52. The topological polar surface area (TPSA) is 70.1 Å². The fourth-order valence-electron chi connectivity index (χ4n) is 3.52. The Balaban J connectivity index is 1.61. The highest BCUT2D eigenvalue weighted by molar-refractivity contribution is 5.97. The normalized spacial score (nSPS) is 19.1. The Morgan fingerprint density at radius 3 is 2.32 bits per heavy atom. The molecule has 0 radical (unpaired) electrons. The molecular weight excluding hydrogens is 320 g/mol. The summed E-state index contributed by atoms with van der Waals surface area (Å²) in [5.41, 5.74) is 2.05. The zero-order chi connectivity index (χ0) is 18.0. The Kier molecular flexibility index (Phi) is 5.27. The number of piperidine rings is 1. The molecule has 1 aromatic rings. The Hall–Kier alpha value is -2.08. The molecule has 0 atom stereocenters. The van der Waals surface area contributed by atoms with Gasteiger partial charge in [0.1, 0.15) is 5.75 Å². The van der Waals surface area contributed by atoms with Crippen LogP contribution in [0.3, 0.4) is 0 Å². The van der Waals surface area contributed by atoms with Crippen molar-refractivity contribution in [3.63, 3.8) is 0 Å². The molecule has 1 aromatic carbocycles. The first kappa shape index (κ1) is 17.7. The van der Waals surface area contributed by atoms with Gasteiger partial charge in [-0.15, -0.1) is 0 Å². The predicted octanol–water partition coefficient (Wildman–Crippen LogP) is 1.72. The Bertz CT molecular complexity index is 660. The van der Waals surface area contributed by atoms with E-state index >= 15 is 0 Å². The third-order valence-corrected chi connectivity index (χ3v) is 5.39. The zero-order valence-corrected chi connectivity index (χ0v) is 15.0. The molecule has 2 aliphatic heterocycles. The van der Waals surface area contributed by atoms with E-state index in [4.69, 9.17) is 4.74 Å². The van der Waals surface area contributed by atoms with E-state index in [-0.39, 0.29) is 23.5 Å². The minimum absolute atomic E-state index is 0.0181. The minimum Gasteiger partial charge on any atom is -0.507 e. The second kappa shape index (κ2) is 7.44. The lowest BCUT2D eigenvalue weighted by atomic mass is 9.94. The van der Waals surface area contributed by atoms with Crippen molar-refractivity contribution in [3.8, 4) is 5.75 Å². The number of rotatable bonds is 2. The molecule has 25 heavy (non-hydrogen) atoms. The number of benzene rings is 1. The van der Waals surface area contributed by atoms with Crippen LogP contribution in [-0.2, 0) is 9.53 Å². The van der Waals surface area contributed by atoms with Crippen molar-refractivity contribution in [2.24, 2.45) is 5.92 Å². The van der Waals surface area contributed by atoms with Crippen molar-refractivity contribution in [1.82, 2.24) is 9.80 Å². The highest BCUT2D eigenvalue weighted by Gasteiger charge is 2.31. The van der Waals surface area contributed by atoms with Gasteiger partial charge in [0.25, 0.3) is 5.91 Å². The van der Waals surface area contributed by atoms with E-state index in [1.807, 2.05) is 24.8 Å². The summed E-state index contributed by atoms with van der Waals surface area (Å²) in [5.74, 6) is 0.0781. The number of ether oxygens (including phenoxy) is 1. The maximum atomic E-state index is 12.7. The summed E-state index contributed by atoms with van der Waals surface area (Å²) in [6, 6.07) is 3.54. The van der Waals surface area contributed by atoms with Crippen LogP contribution in [0.1, 0.15) is 34.3 Å². The molecule has 2 fully saturated rings. The molecule has 1 N–H and O–H groups in total. The van der Waals surface area contributed by atoms with Crippen LogP contribution < -0.4 is 0 Å². The number of hydrogen-bond acceptors (Lipinski definition) is 4. The van der Waals surface area contributed by atoms with Crippen molar-refractivity contribution < 1.29 is 19.4 Å². The highest BCUT2D eigenvalue weighted by atomic mass is 16.5. The fraction of sp³-hybridized carbons (Fsp3) is 0.579. The van der Waals surface area contributed by atoms with Crippen LogP contribution in [0.4, 0.5) is 0 Å². The van der Waals surface area contributed by atoms with Gasteiger partial charge in [-0.1, -0.05) is 6.07 Å². The summed E-state index contributed by atoms with van der Waals surface area (Å²) in [4.78, 5) is 28.9. The average molecular weight is 346 g/mol. The SMILES string of the molecule is Cc1ccc(C(=O)N2CCC(C(=O)N3CCOCC3)CC2)c(O)c1C. The molecule has 0 spiro atoms. The van der Waals surface area contributed by atoms with Crippen molar-refractivity contribution in [1.29, 1.82) is 0 Å². The number of amides is 2. The van der Waals surface area contributed by atoms with Crippen molar-refractivity contribution in [3.05, 3.63) is 28.8 Å². The molecule has 0 aliphatic carbocycles. The maximum Gasteiger partial charge on any atom is 0.257 e. The van der Waals surface area contributed by atoms with Gasteiger partial charge in [0, 0.05) is 32.1 Å².